The Bertz CT molecular complexity index is 420. The maximum Gasteiger partial charge on any atom is 0.315 e. The van der Waals surface area contributed by atoms with Crippen LogP contribution in [-0.4, -0.2) is 28.8 Å². The highest BCUT2D eigenvalue weighted by Gasteiger charge is 2.51. The summed E-state index contributed by atoms with van der Waals surface area (Å²) < 4.78 is 0. The van der Waals surface area contributed by atoms with Crippen molar-refractivity contribution in [1.82, 2.24) is 10.6 Å². The van der Waals surface area contributed by atoms with Gasteiger partial charge >= 0.3 is 6.03 Å². The van der Waals surface area contributed by atoms with Crippen LogP contribution in [0.25, 0.3) is 0 Å². The number of nitrogens with one attached hydrogen (secondary N) is 2. The van der Waals surface area contributed by atoms with Gasteiger partial charge in [-0.05, 0) is 83.0 Å². The second-order valence-electron chi connectivity index (χ2n) is 9.91. The van der Waals surface area contributed by atoms with Crippen LogP contribution >= 0.6 is 0 Å². The van der Waals surface area contributed by atoms with Crippen molar-refractivity contribution in [3.63, 3.8) is 0 Å². The van der Waals surface area contributed by atoms with E-state index in [1.807, 2.05) is 13.8 Å². The molecule has 3 N–H and O–H groups in total. The first-order valence-corrected chi connectivity index (χ1v) is 10.6. The first-order valence-electron chi connectivity index (χ1n) is 10.6. The van der Waals surface area contributed by atoms with E-state index in [9.17, 15) is 9.90 Å². The van der Waals surface area contributed by atoms with Crippen LogP contribution < -0.4 is 10.6 Å². The van der Waals surface area contributed by atoms with Crippen molar-refractivity contribution in [2.75, 3.05) is 6.54 Å². The van der Waals surface area contributed by atoms with E-state index in [1.54, 1.807) is 0 Å². The Morgan fingerprint density at radius 2 is 1.48 bits per heavy atom. The Hall–Kier alpha value is -0.770. The lowest BCUT2D eigenvalue weighted by atomic mass is 9.53. The molecular weight excluding hydrogens is 312 g/mol. The number of rotatable bonds is 9. The molecule has 0 radical (unpaired) electrons. The molecule has 0 saturated heterocycles. The number of carbonyl (C=O) groups excluding carboxylic acids is 1. The molecule has 0 heterocycles. The van der Waals surface area contributed by atoms with E-state index in [0.717, 1.165) is 50.0 Å². The maximum atomic E-state index is 12.3. The minimum Gasteiger partial charge on any atom is -0.390 e. The molecule has 4 aliphatic carbocycles. The monoisotopic (exact) mass is 350 g/mol. The van der Waals surface area contributed by atoms with Crippen molar-refractivity contribution >= 4 is 6.03 Å². The van der Waals surface area contributed by atoms with Gasteiger partial charge in [-0.2, -0.15) is 0 Å². The van der Waals surface area contributed by atoms with Crippen LogP contribution in [0.1, 0.15) is 90.9 Å². The average molecular weight is 351 g/mol. The Morgan fingerprint density at radius 1 is 0.960 bits per heavy atom. The number of hydrogen-bond acceptors (Lipinski definition) is 2. The number of urea groups is 1. The summed E-state index contributed by atoms with van der Waals surface area (Å²) in [4.78, 5) is 12.3. The minimum absolute atomic E-state index is 0.0592. The highest BCUT2D eigenvalue weighted by atomic mass is 16.3. The van der Waals surface area contributed by atoms with Crippen LogP contribution in [0.4, 0.5) is 4.79 Å². The summed E-state index contributed by atoms with van der Waals surface area (Å²) in [6.45, 7) is 4.53. The van der Waals surface area contributed by atoms with Crippen LogP contribution in [0.5, 0.6) is 0 Å². The lowest BCUT2D eigenvalue weighted by Crippen LogP contribution is -2.61. The fraction of sp³-hybridized carbons (Fsp3) is 0.952. The molecule has 0 aromatic rings. The van der Waals surface area contributed by atoms with Gasteiger partial charge in [0.05, 0.1) is 5.60 Å². The van der Waals surface area contributed by atoms with Gasteiger partial charge in [0.15, 0.2) is 0 Å². The number of carbonyl (C=O) groups is 1. The number of amides is 2. The second kappa shape index (κ2) is 7.85. The van der Waals surface area contributed by atoms with Crippen LogP contribution in [0.3, 0.4) is 0 Å². The molecule has 4 saturated carbocycles. The fourth-order valence-electron chi connectivity index (χ4n) is 5.96. The molecule has 0 atom stereocenters. The second-order valence-corrected chi connectivity index (χ2v) is 9.91. The zero-order chi connectivity index (χ0) is 17.9. The summed E-state index contributed by atoms with van der Waals surface area (Å²) >= 11 is 0. The van der Waals surface area contributed by atoms with Gasteiger partial charge in [0, 0.05) is 12.1 Å². The van der Waals surface area contributed by atoms with Crippen LogP contribution in [0.2, 0.25) is 0 Å². The van der Waals surface area contributed by atoms with Crippen LogP contribution in [0.15, 0.2) is 0 Å². The lowest BCUT2D eigenvalue weighted by Gasteiger charge is -2.56. The molecule has 0 aromatic heterocycles. The molecule has 4 aliphatic rings. The van der Waals surface area contributed by atoms with Gasteiger partial charge in [0.1, 0.15) is 0 Å². The zero-order valence-electron chi connectivity index (χ0n) is 16.3. The number of aliphatic hydroxyl groups is 1. The predicted molar refractivity (Wildman–Crippen MR) is 101 cm³/mol. The van der Waals surface area contributed by atoms with Gasteiger partial charge in [-0.3, -0.25) is 0 Å². The van der Waals surface area contributed by atoms with Crippen LogP contribution in [-0.2, 0) is 0 Å². The Kier molecular flexibility index (Phi) is 5.97. The standard InChI is InChI=1S/C21H38N2O2/c1-20(2,25)8-6-4-3-5-7-9-22-19(24)23-21-13-16-10-17(14-21)12-18(11-16)15-21/h16-18,25H,3-15H2,1-2H3,(H2,22,23,24). The molecule has 0 aliphatic heterocycles. The highest BCUT2D eigenvalue weighted by Crippen LogP contribution is 2.55. The van der Waals surface area contributed by atoms with E-state index in [0.29, 0.717) is 0 Å². The van der Waals surface area contributed by atoms with Gasteiger partial charge in [-0.15, -0.1) is 0 Å². The molecule has 0 spiro atoms. The smallest absolute Gasteiger partial charge is 0.315 e. The van der Waals surface area contributed by atoms with Gasteiger partial charge in [-0.1, -0.05) is 25.7 Å². The van der Waals surface area contributed by atoms with Crippen molar-refractivity contribution in [1.29, 1.82) is 0 Å². The molecule has 4 nitrogen and oxygen atoms in total. The van der Waals surface area contributed by atoms with E-state index < -0.39 is 5.60 Å². The summed E-state index contributed by atoms with van der Waals surface area (Å²) in [5.74, 6) is 2.61. The van der Waals surface area contributed by atoms with Crippen molar-refractivity contribution < 1.29 is 9.90 Å². The summed E-state index contributed by atoms with van der Waals surface area (Å²) in [7, 11) is 0. The Labute approximate surface area is 153 Å². The van der Waals surface area contributed by atoms with Crippen molar-refractivity contribution in [3.8, 4) is 0 Å². The predicted octanol–water partition coefficient (Wildman–Crippen LogP) is 4.37. The minimum atomic E-state index is -0.531. The SMILES string of the molecule is CC(C)(O)CCCCCCCNC(=O)NC12CC3CC(CC(C3)C1)C2. The largest absolute Gasteiger partial charge is 0.390 e. The van der Waals surface area contributed by atoms with Crippen LogP contribution in [0, 0.1) is 17.8 Å². The topological polar surface area (TPSA) is 61.4 Å². The van der Waals surface area contributed by atoms with E-state index >= 15 is 0 Å². The molecule has 144 valence electrons. The van der Waals surface area contributed by atoms with Crippen molar-refractivity contribution in [2.45, 2.75) is 102 Å². The van der Waals surface area contributed by atoms with E-state index in [4.69, 9.17) is 0 Å². The number of unbranched alkanes of at least 4 members (excludes halogenated alkanes) is 4. The quantitative estimate of drug-likeness (QED) is 0.541. The molecule has 4 fully saturated rings. The van der Waals surface area contributed by atoms with E-state index in [-0.39, 0.29) is 11.6 Å². The van der Waals surface area contributed by atoms with Gasteiger partial charge in [-0.25, -0.2) is 4.79 Å². The Morgan fingerprint density at radius 3 is 2.04 bits per heavy atom. The number of hydrogen-bond donors (Lipinski definition) is 3. The third-order valence-electron chi connectivity index (χ3n) is 6.67. The zero-order valence-corrected chi connectivity index (χ0v) is 16.3. The molecular formula is C21H38N2O2. The van der Waals surface area contributed by atoms with E-state index in [2.05, 4.69) is 10.6 Å². The molecule has 4 rings (SSSR count). The first-order chi connectivity index (χ1) is 11.8. The van der Waals surface area contributed by atoms with Crippen molar-refractivity contribution in [2.24, 2.45) is 17.8 Å². The molecule has 2 amide bonds. The normalized spacial score (nSPS) is 33.5. The summed E-state index contributed by atoms with van der Waals surface area (Å²) in [6.07, 6.45) is 14.4. The third kappa shape index (κ3) is 5.60. The van der Waals surface area contributed by atoms with Gasteiger partial charge in [0.25, 0.3) is 0 Å². The van der Waals surface area contributed by atoms with Gasteiger partial charge < -0.3 is 15.7 Å². The Balaban J connectivity index is 1.25. The molecule has 4 heteroatoms. The average Bonchev–Trinajstić information content (AvgIpc) is 2.46. The first kappa shape index (κ1) is 19.0. The lowest BCUT2D eigenvalue weighted by molar-refractivity contribution is -0.0135. The molecule has 25 heavy (non-hydrogen) atoms. The third-order valence-corrected chi connectivity index (χ3v) is 6.67. The summed E-state index contributed by atoms with van der Waals surface area (Å²) in [5, 5.41) is 16.1. The molecule has 4 bridgehead atoms. The highest BCUT2D eigenvalue weighted by molar-refractivity contribution is 5.74. The molecule has 0 aromatic carbocycles. The summed E-state index contributed by atoms with van der Waals surface area (Å²) in [5.41, 5.74) is -0.410. The fourth-order valence-corrected chi connectivity index (χ4v) is 5.96. The maximum absolute atomic E-state index is 12.3. The summed E-state index contributed by atoms with van der Waals surface area (Å²) in [6, 6.07) is 0.0592. The van der Waals surface area contributed by atoms with Crippen molar-refractivity contribution in [3.05, 3.63) is 0 Å². The molecule has 0 unspecified atom stereocenters. The van der Waals surface area contributed by atoms with E-state index in [1.165, 1.54) is 51.4 Å². The van der Waals surface area contributed by atoms with Gasteiger partial charge in [0.2, 0.25) is 0 Å².